The van der Waals surface area contributed by atoms with E-state index in [-0.39, 0.29) is 17.5 Å². The molecule has 0 aliphatic carbocycles. The van der Waals surface area contributed by atoms with Crippen LogP contribution in [-0.4, -0.2) is 56.7 Å². The summed E-state index contributed by atoms with van der Waals surface area (Å²) in [7, 11) is 0. The molecule has 1 aliphatic heterocycles. The van der Waals surface area contributed by atoms with Crippen molar-refractivity contribution in [2.75, 3.05) is 31.1 Å². The van der Waals surface area contributed by atoms with Crippen molar-refractivity contribution in [3.63, 3.8) is 0 Å². The van der Waals surface area contributed by atoms with Gasteiger partial charge in [0.2, 0.25) is 5.82 Å². The fourth-order valence-electron chi connectivity index (χ4n) is 3.58. The topological polar surface area (TPSA) is 67.2 Å². The lowest BCUT2D eigenvalue weighted by Gasteiger charge is -2.34. The Balaban J connectivity index is 1.38. The Morgan fingerprint density at radius 3 is 2.44 bits per heavy atom. The fraction of sp³-hybridized carbons (Fsp3) is 0.182. The van der Waals surface area contributed by atoms with E-state index in [4.69, 9.17) is 11.6 Å². The number of benzene rings is 1. The lowest BCUT2D eigenvalue weighted by molar-refractivity contribution is 0.0734. The van der Waals surface area contributed by atoms with Crippen LogP contribution in [-0.2, 0) is 0 Å². The summed E-state index contributed by atoms with van der Waals surface area (Å²) in [6, 6.07) is 15.3. The Labute approximate surface area is 192 Å². The van der Waals surface area contributed by atoms with Crippen LogP contribution in [0.4, 0.5) is 10.2 Å². The van der Waals surface area contributed by atoms with Gasteiger partial charge in [0.15, 0.2) is 5.82 Å². The Kier molecular flexibility index (Phi) is 5.59. The minimum atomic E-state index is -0.338. The van der Waals surface area contributed by atoms with Crippen molar-refractivity contribution in [2.24, 2.45) is 0 Å². The number of hydrogen-bond acceptors (Lipinski definition) is 6. The van der Waals surface area contributed by atoms with Gasteiger partial charge >= 0.3 is 0 Å². The summed E-state index contributed by atoms with van der Waals surface area (Å²) in [5.41, 5.74) is 0.637. The van der Waals surface area contributed by atoms with E-state index in [1.54, 1.807) is 27.8 Å². The molecule has 162 valence electrons. The second kappa shape index (κ2) is 8.68. The first-order valence-corrected chi connectivity index (χ1v) is 11.3. The van der Waals surface area contributed by atoms with Gasteiger partial charge in [-0.25, -0.2) is 19.0 Å². The number of amides is 1. The predicted octanol–water partition coefficient (Wildman–Crippen LogP) is 4.15. The average molecular weight is 469 g/mol. The Morgan fingerprint density at radius 2 is 1.75 bits per heavy atom. The van der Waals surface area contributed by atoms with Crippen molar-refractivity contribution in [3.8, 4) is 16.4 Å². The number of aromatic nitrogens is 4. The number of thiophene rings is 1. The zero-order chi connectivity index (χ0) is 22.1. The van der Waals surface area contributed by atoms with E-state index in [1.165, 1.54) is 23.5 Å². The second-order valence-electron chi connectivity index (χ2n) is 7.22. The van der Waals surface area contributed by atoms with Crippen molar-refractivity contribution in [3.05, 3.63) is 76.8 Å². The Morgan fingerprint density at radius 1 is 0.969 bits per heavy atom. The summed E-state index contributed by atoms with van der Waals surface area (Å²) in [6.45, 7) is 2.31. The van der Waals surface area contributed by atoms with E-state index < -0.39 is 0 Å². The molecule has 1 fully saturated rings. The third kappa shape index (κ3) is 4.09. The van der Waals surface area contributed by atoms with E-state index >= 15 is 0 Å². The SMILES string of the molecule is O=C(c1nc(-c2cccs2)n(-c2ccc(F)cc2)n1)N1CCN(c2cccc(Cl)n2)CC1. The minimum Gasteiger partial charge on any atom is -0.353 e. The van der Waals surface area contributed by atoms with Crippen molar-refractivity contribution >= 4 is 34.7 Å². The molecular weight excluding hydrogens is 451 g/mol. The van der Waals surface area contributed by atoms with Gasteiger partial charge < -0.3 is 9.80 Å². The van der Waals surface area contributed by atoms with Crippen LogP contribution in [0.15, 0.2) is 60.0 Å². The lowest BCUT2D eigenvalue weighted by Crippen LogP contribution is -2.49. The summed E-state index contributed by atoms with van der Waals surface area (Å²) in [6.07, 6.45) is 0. The predicted molar refractivity (Wildman–Crippen MR) is 122 cm³/mol. The molecule has 0 unspecified atom stereocenters. The van der Waals surface area contributed by atoms with Gasteiger partial charge in [0, 0.05) is 26.2 Å². The van der Waals surface area contributed by atoms with Gasteiger partial charge in [-0.2, -0.15) is 0 Å². The monoisotopic (exact) mass is 468 g/mol. The minimum absolute atomic E-state index is 0.118. The Bertz CT molecular complexity index is 1240. The molecule has 10 heteroatoms. The number of anilines is 1. The van der Waals surface area contributed by atoms with E-state index in [0.29, 0.717) is 42.8 Å². The van der Waals surface area contributed by atoms with Gasteiger partial charge in [-0.1, -0.05) is 23.7 Å². The first kappa shape index (κ1) is 20.6. The molecule has 4 heterocycles. The summed E-state index contributed by atoms with van der Waals surface area (Å²) < 4.78 is 15.0. The molecule has 0 bridgehead atoms. The second-order valence-corrected chi connectivity index (χ2v) is 8.56. The fourth-order valence-corrected chi connectivity index (χ4v) is 4.44. The lowest BCUT2D eigenvalue weighted by atomic mass is 10.3. The molecule has 1 aromatic carbocycles. The molecular formula is C22H18ClFN6OS. The quantitative estimate of drug-likeness (QED) is 0.421. The highest BCUT2D eigenvalue weighted by Crippen LogP contribution is 2.26. The number of carbonyl (C=O) groups excluding carboxylic acids is 1. The number of piperazine rings is 1. The molecule has 3 aromatic heterocycles. The van der Waals surface area contributed by atoms with Crippen LogP contribution in [0.5, 0.6) is 0 Å². The van der Waals surface area contributed by atoms with E-state index in [0.717, 1.165) is 10.7 Å². The van der Waals surface area contributed by atoms with Crippen LogP contribution in [0.25, 0.3) is 16.4 Å². The number of pyridine rings is 1. The molecule has 0 N–H and O–H groups in total. The third-order valence-corrected chi connectivity index (χ3v) is 6.28. The molecule has 4 aromatic rings. The van der Waals surface area contributed by atoms with Gasteiger partial charge in [-0.15, -0.1) is 16.4 Å². The van der Waals surface area contributed by atoms with Gasteiger partial charge in [0.05, 0.1) is 10.6 Å². The van der Waals surface area contributed by atoms with Gasteiger partial charge in [0.25, 0.3) is 5.91 Å². The van der Waals surface area contributed by atoms with E-state index in [1.807, 2.05) is 29.6 Å². The smallest absolute Gasteiger partial charge is 0.293 e. The molecule has 1 saturated heterocycles. The normalized spacial score (nSPS) is 14.1. The summed E-state index contributed by atoms with van der Waals surface area (Å²) in [4.78, 5) is 26.8. The number of halogens is 2. The molecule has 0 saturated carbocycles. The summed E-state index contributed by atoms with van der Waals surface area (Å²) >= 11 is 7.50. The Hall–Kier alpha value is -3.30. The van der Waals surface area contributed by atoms with Crippen molar-refractivity contribution in [1.82, 2.24) is 24.6 Å². The van der Waals surface area contributed by atoms with Crippen LogP contribution in [0, 0.1) is 5.82 Å². The van der Waals surface area contributed by atoms with Crippen LogP contribution in [0.3, 0.4) is 0 Å². The zero-order valence-corrected chi connectivity index (χ0v) is 18.4. The van der Waals surface area contributed by atoms with Gasteiger partial charge in [0.1, 0.15) is 16.8 Å². The van der Waals surface area contributed by atoms with Crippen LogP contribution >= 0.6 is 22.9 Å². The molecule has 7 nitrogen and oxygen atoms in total. The molecule has 32 heavy (non-hydrogen) atoms. The van der Waals surface area contributed by atoms with Crippen LogP contribution in [0.1, 0.15) is 10.6 Å². The number of carbonyl (C=O) groups is 1. The first-order chi connectivity index (χ1) is 15.6. The third-order valence-electron chi connectivity index (χ3n) is 5.20. The maximum atomic E-state index is 13.4. The first-order valence-electron chi connectivity index (χ1n) is 10.0. The molecule has 0 radical (unpaired) electrons. The number of hydrogen-bond donors (Lipinski definition) is 0. The summed E-state index contributed by atoms with van der Waals surface area (Å²) in [5.74, 6) is 0.893. The highest BCUT2D eigenvalue weighted by Gasteiger charge is 2.27. The standard InChI is InChI=1S/C22H18ClFN6OS/c23-18-4-1-5-19(25-18)28-10-12-29(13-11-28)22(31)20-26-21(17-3-2-14-32-17)30(27-20)16-8-6-15(24)7-9-16/h1-9,14H,10-13H2. The van der Waals surface area contributed by atoms with Crippen LogP contribution < -0.4 is 4.90 Å². The highest BCUT2D eigenvalue weighted by atomic mass is 35.5. The van der Waals surface area contributed by atoms with Gasteiger partial charge in [-0.3, -0.25) is 4.79 Å². The highest BCUT2D eigenvalue weighted by molar-refractivity contribution is 7.13. The molecule has 0 spiro atoms. The van der Waals surface area contributed by atoms with Crippen molar-refractivity contribution < 1.29 is 9.18 Å². The molecule has 1 aliphatic rings. The molecule has 0 atom stereocenters. The summed E-state index contributed by atoms with van der Waals surface area (Å²) in [5, 5.41) is 6.86. The van der Waals surface area contributed by atoms with E-state index in [2.05, 4.69) is 20.0 Å². The number of rotatable bonds is 4. The maximum Gasteiger partial charge on any atom is 0.293 e. The van der Waals surface area contributed by atoms with Gasteiger partial charge in [-0.05, 0) is 47.8 Å². The largest absolute Gasteiger partial charge is 0.353 e. The van der Waals surface area contributed by atoms with Crippen molar-refractivity contribution in [1.29, 1.82) is 0 Å². The average Bonchev–Trinajstić information content (AvgIpc) is 3.49. The zero-order valence-electron chi connectivity index (χ0n) is 16.9. The molecule has 1 amide bonds. The maximum absolute atomic E-state index is 13.4. The van der Waals surface area contributed by atoms with E-state index in [9.17, 15) is 9.18 Å². The molecule has 5 rings (SSSR count). The van der Waals surface area contributed by atoms with Crippen LogP contribution in [0.2, 0.25) is 5.15 Å². The van der Waals surface area contributed by atoms with Crippen molar-refractivity contribution in [2.45, 2.75) is 0 Å². The number of nitrogens with zero attached hydrogens (tertiary/aromatic N) is 6.